The second kappa shape index (κ2) is 7.96. The van der Waals surface area contributed by atoms with Crippen LogP contribution >= 0.6 is 19.4 Å². The summed E-state index contributed by atoms with van der Waals surface area (Å²) in [6, 6.07) is -0.753. The van der Waals surface area contributed by atoms with E-state index in [0.717, 1.165) is 21.3 Å². The number of carbonyl (C=O) groups is 3. The summed E-state index contributed by atoms with van der Waals surface area (Å²) < 4.78 is 26.4. The molecule has 1 aliphatic heterocycles. The Morgan fingerprint density at radius 1 is 1.27 bits per heavy atom. The van der Waals surface area contributed by atoms with Crippen molar-refractivity contribution < 1.29 is 32.7 Å². The number of hydrogen-bond acceptors (Lipinski definition) is 8. The topological polar surface area (TPSA) is 111 Å². The SMILES string of the molecule is COC(=O)C(NC(=O)[C@H]1CSCN1C(C)=O)P(=O)(OC)OC. The fraction of sp³-hybridized carbons (Fsp3) is 0.727. The maximum atomic E-state index is 12.4. The predicted octanol–water partition coefficient (Wildman–Crippen LogP) is 0.00900. The van der Waals surface area contributed by atoms with Gasteiger partial charge in [-0.2, -0.15) is 0 Å². The number of esters is 1. The Morgan fingerprint density at radius 2 is 1.86 bits per heavy atom. The van der Waals surface area contributed by atoms with Crippen molar-refractivity contribution in [2.45, 2.75) is 18.7 Å². The van der Waals surface area contributed by atoms with Gasteiger partial charge in [0.05, 0.1) is 13.0 Å². The lowest BCUT2D eigenvalue weighted by atomic mass is 10.2. The molecule has 1 unspecified atom stereocenters. The third-order valence-corrected chi connectivity index (χ3v) is 6.12. The fourth-order valence-electron chi connectivity index (χ4n) is 1.87. The number of nitrogens with zero attached hydrogens (tertiary/aromatic N) is 1. The molecule has 0 saturated carbocycles. The van der Waals surface area contributed by atoms with Crippen LogP contribution in [-0.4, -0.2) is 67.5 Å². The molecule has 0 radical (unpaired) electrons. The summed E-state index contributed by atoms with van der Waals surface area (Å²) in [5.74, 6) is -2.68. The van der Waals surface area contributed by atoms with Crippen molar-refractivity contribution in [1.82, 2.24) is 10.2 Å². The molecule has 2 amide bonds. The number of rotatable bonds is 6. The van der Waals surface area contributed by atoms with Crippen molar-refractivity contribution in [1.29, 1.82) is 0 Å². The zero-order valence-electron chi connectivity index (χ0n) is 12.7. The molecule has 1 rings (SSSR count). The second-order valence-electron chi connectivity index (χ2n) is 4.34. The molecule has 1 aliphatic rings. The molecule has 0 aromatic heterocycles. The molecule has 0 bridgehead atoms. The minimum atomic E-state index is -3.92. The van der Waals surface area contributed by atoms with E-state index in [1.165, 1.54) is 23.6 Å². The number of hydrogen-bond donors (Lipinski definition) is 1. The summed E-state index contributed by atoms with van der Waals surface area (Å²) >= 11 is 1.40. The largest absolute Gasteiger partial charge is 0.467 e. The first kappa shape index (κ1) is 19.0. The van der Waals surface area contributed by atoms with E-state index >= 15 is 0 Å². The predicted molar refractivity (Wildman–Crippen MR) is 79.2 cm³/mol. The Balaban J connectivity index is 2.95. The van der Waals surface area contributed by atoms with Crippen molar-refractivity contribution in [3.8, 4) is 0 Å². The monoisotopic (exact) mass is 354 g/mol. The van der Waals surface area contributed by atoms with Crippen LogP contribution in [-0.2, 0) is 32.7 Å². The molecule has 1 fully saturated rings. The molecule has 0 aromatic rings. The maximum Gasteiger partial charge on any atom is 0.363 e. The average Bonchev–Trinajstić information content (AvgIpc) is 3.00. The average molecular weight is 354 g/mol. The first-order valence-electron chi connectivity index (χ1n) is 6.25. The van der Waals surface area contributed by atoms with Crippen LogP contribution in [0.3, 0.4) is 0 Å². The molecule has 22 heavy (non-hydrogen) atoms. The van der Waals surface area contributed by atoms with Crippen LogP contribution in [0.5, 0.6) is 0 Å². The van der Waals surface area contributed by atoms with E-state index in [0.29, 0.717) is 11.6 Å². The number of thioether (sulfide) groups is 1. The maximum absolute atomic E-state index is 12.4. The van der Waals surface area contributed by atoms with Crippen LogP contribution in [0.1, 0.15) is 6.92 Å². The van der Waals surface area contributed by atoms with Crippen molar-refractivity contribution in [3.05, 3.63) is 0 Å². The smallest absolute Gasteiger partial charge is 0.363 e. The standard InChI is InChI=1S/C11H19N2O7PS/c1-7(14)13-6-22-5-8(13)9(15)12-10(11(16)18-2)21(17,19-3)20-4/h8,10H,5-6H2,1-4H3,(H,12,15)/t8-,10?/m1/s1. The molecule has 1 N–H and O–H groups in total. The van der Waals surface area contributed by atoms with Gasteiger partial charge in [-0.15, -0.1) is 11.8 Å². The van der Waals surface area contributed by atoms with Crippen molar-refractivity contribution in [2.24, 2.45) is 0 Å². The van der Waals surface area contributed by atoms with Gasteiger partial charge in [0, 0.05) is 26.9 Å². The highest BCUT2D eigenvalue weighted by molar-refractivity contribution is 7.99. The molecular weight excluding hydrogens is 335 g/mol. The van der Waals surface area contributed by atoms with Crippen LogP contribution in [0.15, 0.2) is 0 Å². The molecule has 2 atom stereocenters. The highest BCUT2D eigenvalue weighted by Crippen LogP contribution is 2.50. The third kappa shape index (κ3) is 4.01. The van der Waals surface area contributed by atoms with Gasteiger partial charge in [-0.1, -0.05) is 0 Å². The lowest BCUT2D eigenvalue weighted by Gasteiger charge is -2.26. The van der Waals surface area contributed by atoms with Gasteiger partial charge in [0.2, 0.25) is 17.6 Å². The summed E-state index contributed by atoms with van der Waals surface area (Å²) in [4.78, 5) is 36.9. The van der Waals surface area contributed by atoms with E-state index in [4.69, 9.17) is 9.05 Å². The summed E-state index contributed by atoms with van der Waals surface area (Å²) in [7, 11) is -0.637. The number of nitrogens with one attached hydrogen (secondary N) is 1. The number of ether oxygens (including phenoxy) is 1. The van der Waals surface area contributed by atoms with E-state index in [2.05, 4.69) is 10.1 Å². The second-order valence-corrected chi connectivity index (χ2v) is 7.67. The summed E-state index contributed by atoms with van der Waals surface area (Å²) in [5.41, 5.74) is 0. The Labute approximate surface area is 132 Å². The highest BCUT2D eigenvalue weighted by atomic mass is 32.2. The Hall–Kier alpha value is -1.09. The zero-order chi connectivity index (χ0) is 16.9. The van der Waals surface area contributed by atoms with Crippen LogP contribution in [0.4, 0.5) is 0 Å². The van der Waals surface area contributed by atoms with Gasteiger partial charge in [0.25, 0.3) is 0 Å². The van der Waals surface area contributed by atoms with Crippen molar-refractivity contribution in [3.63, 3.8) is 0 Å². The van der Waals surface area contributed by atoms with Gasteiger partial charge in [-0.05, 0) is 0 Å². The van der Waals surface area contributed by atoms with Crippen LogP contribution in [0, 0.1) is 0 Å². The molecule has 0 spiro atoms. The molecule has 11 heteroatoms. The van der Waals surface area contributed by atoms with Crippen LogP contribution in [0.2, 0.25) is 0 Å². The zero-order valence-corrected chi connectivity index (χ0v) is 14.4. The van der Waals surface area contributed by atoms with E-state index in [9.17, 15) is 18.9 Å². The molecule has 1 saturated heterocycles. The molecule has 0 aliphatic carbocycles. The number of methoxy groups -OCH3 is 1. The van der Waals surface area contributed by atoms with Gasteiger partial charge in [0.1, 0.15) is 6.04 Å². The first-order valence-corrected chi connectivity index (χ1v) is 9.01. The lowest BCUT2D eigenvalue weighted by molar-refractivity contribution is -0.144. The van der Waals surface area contributed by atoms with Gasteiger partial charge >= 0.3 is 13.6 Å². The number of carbonyl (C=O) groups excluding carboxylic acids is 3. The molecular formula is C11H19N2O7PS. The van der Waals surface area contributed by atoms with E-state index < -0.39 is 31.3 Å². The van der Waals surface area contributed by atoms with E-state index in [1.807, 2.05) is 0 Å². The Morgan fingerprint density at radius 3 is 2.32 bits per heavy atom. The number of amides is 2. The third-order valence-electron chi connectivity index (χ3n) is 3.12. The van der Waals surface area contributed by atoms with Crippen molar-refractivity contribution in [2.75, 3.05) is 33.0 Å². The van der Waals surface area contributed by atoms with Crippen LogP contribution < -0.4 is 5.32 Å². The molecule has 0 aromatic carbocycles. The Kier molecular flexibility index (Phi) is 6.86. The lowest BCUT2D eigenvalue weighted by Crippen LogP contribution is -2.51. The Bertz CT molecular complexity index is 493. The summed E-state index contributed by atoms with van der Waals surface area (Å²) in [6.45, 7) is 1.35. The van der Waals surface area contributed by atoms with Gasteiger partial charge in [0.15, 0.2) is 0 Å². The summed E-state index contributed by atoms with van der Waals surface area (Å²) in [5, 5.41) is 2.30. The van der Waals surface area contributed by atoms with Crippen molar-refractivity contribution >= 4 is 37.1 Å². The highest BCUT2D eigenvalue weighted by Gasteiger charge is 2.44. The normalized spacial score (nSPS) is 19.6. The van der Waals surface area contributed by atoms with Crippen LogP contribution in [0.25, 0.3) is 0 Å². The molecule has 9 nitrogen and oxygen atoms in total. The van der Waals surface area contributed by atoms with Gasteiger partial charge < -0.3 is 24.0 Å². The van der Waals surface area contributed by atoms with E-state index in [-0.39, 0.29) is 5.91 Å². The summed E-state index contributed by atoms with van der Waals surface area (Å²) in [6.07, 6.45) is 0. The molecule has 126 valence electrons. The van der Waals surface area contributed by atoms with E-state index in [1.54, 1.807) is 0 Å². The first-order chi connectivity index (χ1) is 10.3. The quantitative estimate of drug-likeness (QED) is 0.524. The fourth-order valence-corrected chi connectivity index (χ4v) is 4.30. The van der Waals surface area contributed by atoms with Gasteiger partial charge in [-0.25, -0.2) is 4.79 Å². The molecule has 1 heterocycles. The van der Waals surface area contributed by atoms with Gasteiger partial charge in [-0.3, -0.25) is 14.2 Å². The minimum Gasteiger partial charge on any atom is -0.467 e. The minimum absolute atomic E-state index is 0.263.